The first-order valence-corrected chi connectivity index (χ1v) is 6.52. The smallest absolute Gasteiger partial charge is 0.0843 e. The highest BCUT2D eigenvalue weighted by Crippen LogP contribution is 2.19. The zero-order valence-electron chi connectivity index (χ0n) is 11.2. The molecular weight excluding hydrogens is 214 g/mol. The summed E-state index contributed by atoms with van der Waals surface area (Å²) in [5.41, 5.74) is 3.95. The van der Waals surface area contributed by atoms with Gasteiger partial charge in [-0.1, -0.05) is 38.3 Å². The van der Waals surface area contributed by atoms with Crippen molar-refractivity contribution in [2.24, 2.45) is 18.8 Å². The first-order valence-electron chi connectivity index (χ1n) is 6.52. The zero-order valence-corrected chi connectivity index (χ0v) is 11.2. The average molecular weight is 239 g/mol. The van der Waals surface area contributed by atoms with Gasteiger partial charge in [0, 0.05) is 25.7 Å². The van der Waals surface area contributed by atoms with Crippen molar-refractivity contribution in [1.29, 1.82) is 0 Å². The second kappa shape index (κ2) is 7.40. The lowest BCUT2D eigenvalue weighted by Crippen LogP contribution is -2.42. The monoisotopic (exact) mass is 239 g/mol. The quantitative estimate of drug-likeness (QED) is 0.531. The molecule has 1 heterocycles. The minimum absolute atomic E-state index is 0.295. The van der Waals surface area contributed by atoms with Crippen molar-refractivity contribution < 1.29 is 0 Å². The van der Waals surface area contributed by atoms with E-state index in [9.17, 15) is 0 Å². The summed E-state index contributed by atoms with van der Waals surface area (Å²) in [7, 11) is 1.88. The highest BCUT2D eigenvalue weighted by molar-refractivity contribution is 4.96. The van der Waals surface area contributed by atoms with Gasteiger partial charge in [-0.2, -0.15) is 0 Å². The first-order chi connectivity index (χ1) is 8.21. The van der Waals surface area contributed by atoms with Crippen LogP contribution in [0.2, 0.25) is 0 Å². The van der Waals surface area contributed by atoms with E-state index in [0.29, 0.717) is 12.0 Å². The van der Waals surface area contributed by atoms with Crippen molar-refractivity contribution in [1.82, 2.24) is 20.4 Å². The first kappa shape index (κ1) is 14.1. The lowest BCUT2D eigenvalue weighted by Gasteiger charge is -2.24. The summed E-state index contributed by atoms with van der Waals surface area (Å²) in [5.74, 6) is 6.28. The molecule has 5 heteroatoms. The Bertz CT molecular complexity index is 310. The number of unbranched alkanes of at least 4 members (excludes halogenated alkanes) is 1. The lowest BCUT2D eigenvalue weighted by molar-refractivity contribution is 0.317. The van der Waals surface area contributed by atoms with Crippen molar-refractivity contribution >= 4 is 0 Å². The molecule has 0 spiro atoms. The van der Waals surface area contributed by atoms with E-state index in [2.05, 4.69) is 29.6 Å². The van der Waals surface area contributed by atoms with Crippen LogP contribution in [0, 0.1) is 5.92 Å². The minimum Gasteiger partial charge on any atom is -0.271 e. The van der Waals surface area contributed by atoms with Gasteiger partial charge >= 0.3 is 0 Å². The van der Waals surface area contributed by atoms with Crippen LogP contribution >= 0.6 is 0 Å². The maximum atomic E-state index is 5.67. The van der Waals surface area contributed by atoms with Crippen LogP contribution in [0.1, 0.15) is 45.2 Å². The molecule has 3 N–H and O–H groups in total. The Morgan fingerprint density at radius 3 is 2.71 bits per heavy atom. The summed E-state index contributed by atoms with van der Waals surface area (Å²) in [6.07, 6.45) is 7.68. The summed E-state index contributed by atoms with van der Waals surface area (Å²) in [4.78, 5) is 0. The van der Waals surface area contributed by atoms with Crippen LogP contribution in [0.4, 0.5) is 0 Å². The molecule has 1 rings (SSSR count). The SMILES string of the molecule is CCCCC(CC)C(Cc1cn(C)nn1)NN. The van der Waals surface area contributed by atoms with Crippen molar-refractivity contribution in [2.75, 3.05) is 0 Å². The number of aryl methyl sites for hydroxylation is 1. The molecule has 0 saturated carbocycles. The molecule has 0 aliphatic heterocycles. The van der Waals surface area contributed by atoms with Crippen LogP contribution in [-0.4, -0.2) is 21.0 Å². The molecule has 0 saturated heterocycles. The van der Waals surface area contributed by atoms with Gasteiger partial charge < -0.3 is 0 Å². The number of aromatic nitrogens is 3. The number of nitrogens with zero attached hydrogens (tertiary/aromatic N) is 3. The number of hydrogen-bond donors (Lipinski definition) is 2. The minimum atomic E-state index is 0.295. The third-order valence-electron chi connectivity index (χ3n) is 3.32. The predicted molar refractivity (Wildman–Crippen MR) is 69.1 cm³/mol. The van der Waals surface area contributed by atoms with Crippen LogP contribution in [-0.2, 0) is 13.5 Å². The molecule has 0 aliphatic rings. The molecule has 17 heavy (non-hydrogen) atoms. The van der Waals surface area contributed by atoms with Crippen molar-refractivity contribution in [3.63, 3.8) is 0 Å². The van der Waals surface area contributed by atoms with Gasteiger partial charge in [-0.3, -0.25) is 16.0 Å². The maximum Gasteiger partial charge on any atom is 0.0843 e. The zero-order chi connectivity index (χ0) is 12.7. The fourth-order valence-electron chi connectivity index (χ4n) is 2.23. The van der Waals surface area contributed by atoms with Crippen LogP contribution < -0.4 is 11.3 Å². The summed E-state index contributed by atoms with van der Waals surface area (Å²) < 4.78 is 1.73. The summed E-state index contributed by atoms with van der Waals surface area (Å²) in [6.45, 7) is 4.45. The Balaban J connectivity index is 2.56. The van der Waals surface area contributed by atoms with Crippen molar-refractivity contribution in [2.45, 2.75) is 52.0 Å². The molecule has 0 amide bonds. The molecule has 1 aromatic rings. The van der Waals surface area contributed by atoms with Gasteiger partial charge in [0.15, 0.2) is 0 Å². The predicted octanol–water partition coefficient (Wildman–Crippen LogP) is 1.41. The highest BCUT2D eigenvalue weighted by Gasteiger charge is 2.19. The normalized spacial score (nSPS) is 14.8. The van der Waals surface area contributed by atoms with Gasteiger partial charge in [0.1, 0.15) is 0 Å². The van der Waals surface area contributed by atoms with E-state index in [1.807, 2.05) is 13.2 Å². The number of nitrogens with two attached hydrogens (primary N) is 1. The lowest BCUT2D eigenvalue weighted by atomic mass is 9.89. The standard InChI is InChI=1S/C12H25N5/c1-4-6-7-10(5-2)12(14-13)8-11-9-17(3)16-15-11/h9-10,12,14H,4-8,13H2,1-3H3. The van der Waals surface area contributed by atoms with Crippen molar-refractivity contribution in [3.8, 4) is 0 Å². The molecule has 2 atom stereocenters. The van der Waals surface area contributed by atoms with E-state index in [4.69, 9.17) is 5.84 Å². The van der Waals surface area contributed by atoms with Gasteiger partial charge in [-0.15, -0.1) is 5.10 Å². The average Bonchev–Trinajstić information content (AvgIpc) is 2.74. The third kappa shape index (κ3) is 4.44. The second-order valence-corrected chi connectivity index (χ2v) is 4.67. The van der Waals surface area contributed by atoms with E-state index in [1.165, 1.54) is 19.3 Å². The summed E-state index contributed by atoms with van der Waals surface area (Å²) >= 11 is 0. The number of hydrogen-bond acceptors (Lipinski definition) is 4. The molecule has 0 aliphatic carbocycles. The van der Waals surface area contributed by atoms with Gasteiger partial charge in [0.05, 0.1) is 5.69 Å². The second-order valence-electron chi connectivity index (χ2n) is 4.67. The highest BCUT2D eigenvalue weighted by atomic mass is 15.4. The summed E-state index contributed by atoms with van der Waals surface area (Å²) in [6, 6.07) is 0.295. The molecule has 0 fully saturated rings. The van der Waals surface area contributed by atoms with E-state index < -0.39 is 0 Å². The van der Waals surface area contributed by atoms with Crippen molar-refractivity contribution in [3.05, 3.63) is 11.9 Å². The topological polar surface area (TPSA) is 68.8 Å². The number of nitrogens with one attached hydrogen (secondary N) is 1. The fourth-order valence-corrected chi connectivity index (χ4v) is 2.23. The number of hydrazine groups is 1. The van der Waals surface area contributed by atoms with E-state index >= 15 is 0 Å². The fraction of sp³-hybridized carbons (Fsp3) is 0.833. The summed E-state index contributed by atoms with van der Waals surface area (Å²) in [5, 5.41) is 8.07. The molecular formula is C12H25N5. The van der Waals surface area contributed by atoms with E-state index in [-0.39, 0.29) is 0 Å². The van der Waals surface area contributed by atoms with Gasteiger partial charge in [0.2, 0.25) is 0 Å². The Morgan fingerprint density at radius 1 is 1.47 bits per heavy atom. The van der Waals surface area contributed by atoms with Crippen LogP contribution in [0.3, 0.4) is 0 Å². The van der Waals surface area contributed by atoms with Gasteiger partial charge in [-0.05, 0) is 12.3 Å². The van der Waals surface area contributed by atoms with Gasteiger partial charge in [0.25, 0.3) is 0 Å². The maximum absolute atomic E-state index is 5.67. The Hall–Kier alpha value is -0.940. The van der Waals surface area contributed by atoms with Crippen LogP contribution in [0.5, 0.6) is 0 Å². The van der Waals surface area contributed by atoms with E-state index in [0.717, 1.165) is 18.5 Å². The largest absolute Gasteiger partial charge is 0.271 e. The Morgan fingerprint density at radius 2 is 2.24 bits per heavy atom. The molecule has 1 aromatic heterocycles. The Kier molecular flexibility index (Phi) is 6.15. The molecule has 98 valence electrons. The molecule has 5 nitrogen and oxygen atoms in total. The Labute approximate surface area is 104 Å². The molecule has 0 aromatic carbocycles. The molecule has 0 bridgehead atoms. The van der Waals surface area contributed by atoms with E-state index in [1.54, 1.807) is 4.68 Å². The number of rotatable bonds is 8. The third-order valence-corrected chi connectivity index (χ3v) is 3.32. The molecule has 2 unspecified atom stereocenters. The van der Waals surface area contributed by atoms with Crippen LogP contribution in [0.15, 0.2) is 6.20 Å². The molecule has 0 radical (unpaired) electrons. The van der Waals surface area contributed by atoms with Crippen LogP contribution in [0.25, 0.3) is 0 Å². The van der Waals surface area contributed by atoms with Gasteiger partial charge in [-0.25, -0.2) is 0 Å².